The van der Waals surface area contributed by atoms with Crippen molar-refractivity contribution in [1.82, 2.24) is 5.32 Å². The fourth-order valence-electron chi connectivity index (χ4n) is 2.54. The summed E-state index contributed by atoms with van der Waals surface area (Å²) in [7, 11) is -3.37. The van der Waals surface area contributed by atoms with Crippen LogP contribution >= 0.6 is 0 Å². The fourth-order valence-corrected chi connectivity index (χ4v) is 3.57. The Balaban J connectivity index is 2.64. The first kappa shape index (κ1) is 19.5. The molecule has 1 aromatic rings. The lowest BCUT2D eigenvalue weighted by Gasteiger charge is -2.24. The average Bonchev–Trinajstić information content (AvgIpc) is 2.43. The molecular formula is C17H28N2O3S. The van der Waals surface area contributed by atoms with Gasteiger partial charge in [-0.1, -0.05) is 31.5 Å². The number of benzene rings is 1. The maximum absolute atomic E-state index is 12.0. The van der Waals surface area contributed by atoms with Crippen LogP contribution in [0.1, 0.15) is 45.1 Å². The van der Waals surface area contributed by atoms with Crippen molar-refractivity contribution in [2.75, 3.05) is 17.1 Å². The lowest BCUT2D eigenvalue weighted by molar-refractivity contribution is -0.121. The monoisotopic (exact) mass is 340 g/mol. The highest BCUT2D eigenvalue weighted by Gasteiger charge is 2.19. The minimum atomic E-state index is -3.37. The van der Waals surface area contributed by atoms with E-state index in [-0.39, 0.29) is 11.9 Å². The summed E-state index contributed by atoms with van der Waals surface area (Å²) >= 11 is 0. The molecule has 1 unspecified atom stereocenters. The van der Waals surface area contributed by atoms with Crippen LogP contribution in [0.3, 0.4) is 0 Å². The summed E-state index contributed by atoms with van der Waals surface area (Å²) in [5, 5.41) is 2.94. The summed E-state index contributed by atoms with van der Waals surface area (Å²) in [4.78, 5) is 11.9. The molecule has 130 valence electrons. The molecule has 0 radical (unpaired) electrons. The number of hydrogen-bond acceptors (Lipinski definition) is 3. The minimum absolute atomic E-state index is 0.0239. The summed E-state index contributed by atoms with van der Waals surface area (Å²) in [5.74, 6) is -0.0239. The number of hydrogen-bond donors (Lipinski definition) is 1. The molecule has 1 N–H and O–H groups in total. The van der Waals surface area contributed by atoms with E-state index in [0.29, 0.717) is 25.1 Å². The van der Waals surface area contributed by atoms with Crippen molar-refractivity contribution in [3.05, 3.63) is 29.8 Å². The Morgan fingerprint density at radius 3 is 2.52 bits per heavy atom. The Kier molecular flexibility index (Phi) is 7.55. The second kappa shape index (κ2) is 8.91. The number of carbonyl (C=O) groups excluding carboxylic acids is 1. The van der Waals surface area contributed by atoms with Crippen molar-refractivity contribution >= 4 is 21.6 Å². The largest absolute Gasteiger partial charge is 0.354 e. The van der Waals surface area contributed by atoms with Gasteiger partial charge in [0.25, 0.3) is 0 Å². The van der Waals surface area contributed by atoms with E-state index in [1.165, 1.54) is 10.6 Å². The third kappa shape index (κ3) is 6.60. The van der Waals surface area contributed by atoms with E-state index in [4.69, 9.17) is 0 Å². The van der Waals surface area contributed by atoms with Crippen LogP contribution in [0.5, 0.6) is 0 Å². The SMILES string of the molecule is CCCC(C)NC(=O)CCCN(c1ccccc1C)S(C)(=O)=O. The summed E-state index contributed by atoms with van der Waals surface area (Å²) in [6.07, 6.45) is 3.99. The van der Waals surface area contributed by atoms with E-state index >= 15 is 0 Å². The molecule has 1 rings (SSSR count). The van der Waals surface area contributed by atoms with Crippen LogP contribution in [0, 0.1) is 6.92 Å². The van der Waals surface area contributed by atoms with Crippen LogP contribution in [0.2, 0.25) is 0 Å². The molecule has 5 nitrogen and oxygen atoms in total. The van der Waals surface area contributed by atoms with Gasteiger partial charge in [0.15, 0.2) is 0 Å². The summed E-state index contributed by atoms with van der Waals surface area (Å²) in [6, 6.07) is 7.53. The Labute approximate surface area is 140 Å². The lowest BCUT2D eigenvalue weighted by Crippen LogP contribution is -2.34. The quantitative estimate of drug-likeness (QED) is 0.752. The van der Waals surface area contributed by atoms with Gasteiger partial charge >= 0.3 is 0 Å². The molecule has 0 spiro atoms. The molecule has 0 saturated heterocycles. The van der Waals surface area contributed by atoms with Gasteiger partial charge in [-0.15, -0.1) is 0 Å². The van der Waals surface area contributed by atoms with Gasteiger partial charge in [-0.3, -0.25) is 9.10 Å². The first-order valence-electron chi connectivity index (χ1n) is 8.08. The van der Waals surface area contributed by atoms with Gasteiger partial charge in [-0.05, 0) is 38.3 Å². The number of amides is 1. The molecule has 1 aromatic carbocycles. The number of carbonyl (C=O) groups is 1. The summed E-state index contributed by atoms with van der Waals surface area (Å²) in [5.41, 5.74) is 1.58. The molecule has 0 aliphatic heterocycles. The van der Waals surface area contributed by atoms with E-state index in [9.17, 15) is 13.2 Å². The first-order chi connectivity index (χ1) is 10.8. The molecule has 6 heteroatoms. The highest BCUT2D eigenvalue weighted by molar-refractivity contribution is 7.92. The van der Waals surface area contributed by atoms with Crippen molar-refractivity contribution in [2.24, 2.45) is 0 Å². The lowest BCUT2D eigenvalue weighted by atomic mass is 10.2. The van der Waals surface area contributed by atoms with Gasteiger partial charge in [0.1, 0.15) is 0 Å². The van der Waals surface area contributed by atoms with Crippen LogP contribution in [0.4, 0.5) is 5.69 Å². The topological polar surface area (TPSA) is 66.5 Å². The number of sulfonamides is 1. The zero-order chi connectivity index (χ0) is 17.5. The van der Waals surface area contributed by atoms with Gasteiger partial charge in [-0.25, -0.2) is 8.42 Å². The molecule has 0 bridgehead atoms. The molecule has 1 amide bonds. The average molecular weight is 340 g/mol. The van der Waals surface area contributed by atoms with Crippen LogP contribution in [0.15, 0.2) is 24.3 Å². The summed E-state index contributed by atoms with van der Waals surface area (Å²) in [6.45, 7) is 6.25. The molecule has 0 heterocycles. The second-order valence-corrected chi connectivity index (χ2v) is 7.89. The van der Waals surface area contributed by atoms with Gasteiger partial charge < -0.3 is 5.32 Å². The predicted octanol–water partition coefficient (Wildman–Crippen LogP) is 2.85. The molecule has 0 saturated carbocycles. The van der Waals surface area contributed by atoms with Crippen molar-refractivity contribution in [1.29, 1.82) is 0 Å². The van der Waals surface area contributed by atoms with Gasteiger partial charge in [0, 0.05) is 19.0 Å². The van der Waals surface area contributed by atoms with Gasteiger partial charge in [0.05, 0.1) is 11.9 Å². The zero-order valence-corrected chi connectivity index (χ0v) is 15.3. The molecular weight excluding hydrogens is 312 g/mol. The molecule has 0 aliphatic rings. The van der Waals surface area contributed by atoms with Gasteiger partial charge in [-0.2, -0.15) is 0 Å². The number of nitrogens with one attached hydrogen (secondary N) is 1. The van der Waals surface area contributed by atoms with Crippen LogP contribution in [0.25, 0.3) is 0 Å². The molecule has 1 atom stereocenters. The third-order valence-electron chi connectivity index (χ3n) is 3.68. The van der Waals surface area contributed by atoms with Crippen LogP contribution in [-0.4, -0.2) is 33.2 Å². The Hall–Kier alpha value is -1.56. The standard InChI is InChI=1S/C17H28N2O3S/c1-5-9-15(3)18-17(20)12-8-13-19(23(4,21)22)16-11-7-6-10-14(16)2/h6-7,10-11,15H,5,8-9,12-13H2,1-4H3,(H,18,20). The summed E-state index contributed by atoms with van der Waals surface area (Å²) < 4.78 is 25.5. The number of para-hydroxylation sites is 1. The molecule has 0 fully saturated rings. The van der Waals surface area contributed by atoms with Crippen molar-refractivity contribution < 1.29 is 13.2 Å². The molecule has 0 aliphatic carbocycles. The minimum Gasteiger partial charge on any atom is -0.354 e. The normalized spacial score (nSPS) is 12.7. The van der Waals surface area contributed by atoms with E-state index in [2.05, 4.69) is 12.2 Å². The first-order valence-corrected chi connectivity index (χ1v) is 9.93. The highest BCUT2D eigenvalue weighted by atomic mass is 32.2. The Bertz CT molecular complexity index is 614. The van der Waals surface area contributed by atoms with E-state index in [0.717, 1.165) is 18.4 Å². The van der Waals surface area contributed by atoms with Crippen LogP contribution < -0.4 is 9.62 Å². The van der Waals surface area contributed by atoms with Crippen LogP contribution in [-0.2, 0) is 14.8 Å². The fraction of sp³-hybridized carbons (Fsp3) is 0.588. The maximum Gasteiger partial charge on any atom is 0.232 e. The van der Waals surface area contributed by atoms with Crippen molar-refractivity contribution in [3.8, 4) is 0 Å². The Morgan fingerprint density at radius 2 is 1.96 bits per heavy atom. The van der Waals surface area contributed by atoms with Crippen molar-refractivity contribution in [3.63, 3.8) is 0 Å². The maximum atomic E-state index is 12.0. The highest BCUT2D eigenvalue weighted by Crippen LogP contribution is 2.22. The van der Waals surface area contributed by atoms with E-state index in [1.54, 1.807) is 6.07 Å². The zero-order valence-electron chi connectivity index (χ0n) is 14.5. The number of nitrogens with zero attached hydrogens (tertiary/aromatic N) is 1. The Morgan fingerprint density at radius 1 is 1.30 bits per heavy atom. The van der Waals surface area contributed by atoms with E-state index < -0.39 is 10.0 Å². The van der Waals surface area contributed by atoms with E-state index in [1.807, 2.05) is 32.0 Å². The second-order valence-electron chi connectivity index (χ2n) is 5.98. The van der Waals surface area contributed by atoms with Gasteiger partial charge in [0.2, 0.25) is 15.9 Å². The molecule has 0 aromatic heterocycles. The predicted molar refractivity (Wildman–Crippen MR) is 95.1 cm³/mol. The molecule has 23 heavy (non-hydrogen) atoms. The number of rotatable bonds is 9. The number of aryl methyl sites for hydroxylation is 1. The third-order valence-corrected chi connectivity index (χ3v) is 4.86. The van der Waals surface area contributed by atoms with Crippen molar-refractivity contribution in [2.45, 2.75) is 52.5 Å². The smallest absolute Gasteiger partial charge is 0.232 e. The number of anilines is 1.